The lowest BCUT2D eigenvalue weighted by Crippen LogP contribution is -2.00. The van der Waals surface area contributed by atoms with Gasteiger partial charge in [-0.15, -0.1) is 0 Å². The van der Waals surface area contributed by atoms with Crippen molar-refractivity contribution in [3.05, 3.63) is 29.0 Å². The van der Waals surface area contributed by atoms with Gasteiger partial charge in [0.2, 0.25) is 0 Å². The smallest absolute Gasteiger partial charge is 0.195 e. The van der Waals surface area contributed by atoms with E-state index in [0.29, 0.717) is 4.77 Å². The summed E-state index contributed by atoms with van der Waals surface area (Å²) in [4.78, 5) is 0. The number of H-pyrrole nitrogens is 2. The van der Waals surface area contributed by atoms with Gasteiger partial charge in [0, 0.05) is 11.9 Å². The zero-order valence-corrected chi connectivity index (χ0v) is 10.8. The van der Waals surface area contributed by atoms with E-state index < -0.39 is 0 Å². The van der Waals surface area contributed by atoms with Gasteiger partial charge in [-0.2, -0.15) is 10.2 Å². The van der Waals surface area contributed by atoms with Crippen LogP contribution in [0.3, 0.4) is 0 Å². The summed E-state index contributed by atoms with van der Waals surface area (Å²) in [5, 5.41) is 15.5. The Labute approximate surface area is 109 Å². The Morgan fingerprint density at radius 1 is 1.22 bits per heavy atom. The number of benzene rings is 1. The predicted octanol–water partition coefficient (Wildman–Crippen LogP) is 2.89. The molecule has 0 saturated heterocycles. The van der Waals surface area contributed by atoms with Crippen LogP contribution < -0.4 is 0 Å². The second-order valence-electron chi connectivity index (χ2n) is 4.12. The van der Waals surface area contributed by atoms with Crippen LogP contribution in [-0.2, 0) is 6.54 Å². The zero-order chi connectivity index (χ0) is 12.5. The third-order valence-electron chi connectivity index (χ3n) is 2.89. The largest absolute Gasteiger partial charge is 0.299 e. The Kier molecular flexibility index (Phi) is 2.71. The average Bonchev–Trinajstić information content (AvgIpc) is 2.95. The summed E-state index contributed by atoms with van der Waals surface area (Å²) in [5.74, 6) is 0.791. The first-order valence-electron chi connectivity index (χ1n) is 5.90. The van der Waals surface area contributed by atoms with E-state index in [4.69, 9.17) is 12.2 Å². The number of rotatable bonds is 3. The SMILES string of the molecule is CCCn1c(-c2n[nH]c3ccccc23)n[nH]c1=S. The maximum atomic E-state index is 5.24. The van der Waals surface area contributed by atoms with Crippen LogP contribution >= 0.6 is 12.2 Å². The molecule has 0 fully saturated rings. The van der Waals surface area contributed by atoms with Gasteiger partial charge in [0.25, 0.3) is 0 Å². The van der Waals surface area contributed by atoms with E-state index in [2.05, 4.69) is 27.3 Å². The molecule has 0 aliphatic heterocycles. The van der Waals surface area contributed by atoms with Gasteiger partial charge in [-0.05, 0) is 24.7 Å². The first-order valence-corrected chi connectivity index (χ1v) is 6.30. The molecule has 0 aliphatic rings. The van der Waals surface area contributed by atoms with Crippen molar-refractivity contribution in [1.82, 2.24) is 25.0 Å². The highest BCUT2D eigenvalue weighted by Crippen LogP contribution is 2.24. The van der Waals surface area contributed by atoms with Crippen LogP contribution in [-0.4, -0.2) is 25.0 Å². The monoisotopic (exact) mass is 259 g/mol. The van der Waals surface area contributed by atoms with Crippen molar-refractivity contribution in [1.29, 1.82) is 0 Å². The van der Waals surface area contributed by atoms with Crippen molar-refractivity contribution < 1.29 is 0 Å². The van der Waals surface area contributed by atoms with Crippen LogP contribution in [0.15, 0.2) is 24.3 Å². The fourth-order valence-corrected chi connectivity index (χ4v) is 2.29. The zero-order valence-electron chi connectivity index (χ0n) is 9.97. The molecular weight excluding hydrogens is 246 g/mol. The van der Waals surface area contributed by atoms with Crippen molar-refractivity contribution in [3.63, 3.8) is 0 Å². The average molecular weight is 259 g/mol. The molecule has 0 unspecified atom stereocenters. The van der Waals surface area contributed by atoms with E-state index in [9.17, 15) is 0 Å². The molecular formula is C12H13N5S. The Bertz CT molecular complexity index is 736. The van der Waals surface area contributed by atoms with Gasteiger partial charge in [-0.1, -0.05) is 25.1 Å². The molecule has 18 heavy (non-hydrogen) atoms. The standard InChI is InChI=1S/C12H13N5S/c1-2-7-17-11(15-16-12(17)18)10-8-5-3-4-6-9(8)13-14-10/h3-6H,2,7H2,1H3,(H,13,14)(H,16,18). The van der Waals surface area contributed by atoms with Gasteiger partial charge in [0.15, 0.2) is 10.6 Å². The van der Waals surface area contributed by atoms with Crippen molar-refractivity contribution in [3.8, 4) is 11.5 Å². The molecule has 0 aliphatic carbocycles. The molecule has 0 atom stereocenters. The number of fused-ring (bicyclic) bond motifs is 1. The van der Waals surface area contributed by atoms with Gasteiger partial charge in [0.05, 0.1) is 5.52 Å². The number of para-hydroxylation sites is 1. The van der Waals surface area contributed by atoms with Crippen molar-refractivity contribution in [2.75, 3.05) is 0 Å². The third-order valence-corrected chi connectivity index (χ3v) is 3.20. The summed E-state index contributed by atoms with van der Waals surface area (Å²) in [6, 6.07) is 8.00. The number of hydrogen-bond donors (Lipinski definition) is 2. The number of hydrogen-bond acceptors (Lipinski definition) is 3. The highest BCUT2D eigenvalue weighted by atomic mass is 32.1. The molecule has 2 aromatic heterocycles. The van der Waals surface area contributed by atoms with Crippen LogP contribution in [0, 0.1) is 4.77 Å². The fraction of sp³-hybridized carbons (Fsp3) is 0.250. The second kappa shape index (κ2) is 4.38. The van der Waals surface area contributed by atoms with Gasteiger partial charge >= 0.3 is 0 Å². The molecule has 1 aromatic carbocycles. The molecule has 0 saturated carbocycles. The topological polar surface area (TPSA) is 62.3 Å². The highest BCUT2D eigenvalue weighted by Gasteiger charge is 2.14. The van der Waals surface area contributed by atoms with E-state index >= 15 is 0 Å². The van der Waals surface area contributed by atoms with Gasteiger partial charge in [-0.3, -0.25) is 14.8 Å². The van der Waals surface area contributed by atoms with Crippen molar-refractivity contribution in [2.24, 2.45) is 0 Å². The van der Waals surface area contributed by atoms with Crippen molar-refractivity contribution >= 4 is 23.1 Å². The predicted molar refractivity (Wildman–Crippen MR) is 72.8 cm³/mol. The maximum Gasteiger partial charge on any atom is 0.195 e. The van der Waals surface area contributed by atoms with E-state index in [1.54, 1.807) is 0 Å². The lowest BCUT2D eigenvalue weighted by molar-refractivity contribution is 0.673. The normalized spacial score (nSPS) is 11.2. The third kappa shape index (κ3) is 1.65. The highest BCUT2D eigenvalue weighted by molar-refractivity contribution is 7.71. The van der Waals surface area contributed by atoms with Gasteiger partial charge in [-0.25, -0.2) is 0 Å². The first-order chi connectivity index (χ1) is 8.81. The Morgan fingerprint density at radius 3 is 2.89 bits per heavy atom. The molecule has 3 rings (SSSR count). The Morgan fingerprint density at radius 2 is 2.06 bits per heavy atom. The summed E-state index contributed by atoms with van der Waals surface area (Å²) in [6.07, 6.45) is 1.00. The molecule has 92 valence electrons. The van der Waals surface area contributed by atoms with E-state index in [-0.39, 0.29) is 0 Å². The Hall–Kier alpha value is -1.95. The minimum absolute atomic E-state index is 0.638. The van der Waals surface area contributed by atoms with Crippen LogP contribution in [0.4, 0.5) is 0 Å². The molecule has 5 nitrogen and oxygen atoms in total. The number of aromatic amines is 2. The molecule has 0 spiro atoms. The van der Waals surface area contributed by atoms with Crippen LogP contribution in [0.2, 0.25) is 0 Å². The molecule has 6 heteroatoms. The van der Waals surface area contributed by atoms with Crippen LogP contribution in [0.25, 0.3) is 22.4 Å². The van der Waals surface area contributed by atoms with E-state index in [1.807, 2.05) is 28.8 Å². The van der Waals surface area contributed by atoms with Gasteiger partial charge in [0.1, 0.15) is 5.69 Å². The second-order valence-corrected chi connectivity index (χ2v) is 4.51. The minimum atomic E-state index is 0.638. The minimum Gasteiger partial charge on any atom is -0.299 e. The van der Waals surface area contributed by atoms with E-state index in [0.717, 1.165) is 35.4 Å². The quantitative estimate of drug-likeness (QED) is 0.711. The lowest BCUT2D eigenvalue weighted by Gasteiger charge is -2.02. The van der Waals surface area contributed by atoms with Crippen molar-refractivity contribution in [2.45, 2.75) is 19.9 Å². The van der Waals surface area contributed by atoms with Gasteiger partial charge < -0.3 is 0 Å². The molecule has 0 radical (unpaired) electrons. The molecule has 0 amide bonds. The fourth-order valence-electron chi connectivity index (χ4n) is 2.06. The Balaban J connectivity index is 2.23. The van der Waals surface area contributed by atoms with Crippen LogP contribution in [0.5, 0.6) is 0 Å². The maximum absolute atomic E-state index is 5.24. The summed E-state index contributed by atoms with van der Waals surface area (Å²) in [7, 11) is 0. The number of nitrogens with one attached hydrogen (secondary N) is 2. The summed E-state index contributed by atoms with van der Waals surface area (Å²) < 4.78 is 2.62. The summed E-state index contributed by atoms with van der Waals surface area (Å²) in [6.45, 7) is 2.95. The lowest BCUT2D eigenvalue weighted by atomic mass is 10.2. The van der Waals surface area contributed by atoms with Crippen LogP contribution in [0.1, 0.15) is 13.3 Å². The molecule has 2 N–H and O–H groups in total. The number of aromatic nitrogens is 5. The number of nitrogens with zero attached hydrogens (tertiary/aromatic N) is 3. The first kappa shape index (κ1) is 11.2. The van der Waals surface area contributed by atoms with E-state index in [1.165, 1.54) is 0 Å². The summed E-state index contributed by atoms with van der Waals surface area (Å²) >= 11 is 5.24. The molecule has 2 heterocycles. The molecule has 3 aromatic rings. The summed E-state index contributed by atoms with van der Waals surface area (Å²) in [5.41, 5.74) is 1.84. The molecule has 0 bridgehead atoms.